The number of aromatic nitrogens is 2. The predicted octanol–water partition coefficient (Wildman–Crippen LogP) is 1.75. The first kappa shape index (κ1) is 14.1. The fourth-order valence-electron chi connectivity index (χ4n) is 2.61. The van der Waals surface area contributed by atoms with Crippen molar-refractivity contribution >= 4 is 5.95 Å². The van der Waals surface area contributed by atoms with Gasteiger partial charge in [0.2, 0.25) is 11.8 Å². The second-order valence-electron chi connectivity index (χ2n) is 5.29. The Balaban J connectivity index is 2.24. The van der Waals surface area contributed by atoms with E-state index in [-0.39, 0.29) is 0 Å². The van der Waals surface area contributed by atoms with E-state index in [4.69, 9.17) is 10.5 Å². The average molecular weight is 264 g/mol. The van der Waals surface area contributed by atoms with E-state index in [1.807, 2.05) is 19.9 Å². The predicted molar refractivity (Wildman–Crippen MR) is 76.5 cm³/mol. The molecule has 2 atom stereocenters. The van der Waals surface area contributed by atoms with Crippen LogP contribution >= 0.6 is 0 Å². The quantitative estimate of drug-likeness (QED) is 0.897. The molecule has 1 saturated heterocycles. The van der Waals surface area contributed by atoms with Crippen molar-refractivity contribution in [3.8, 4) is 5.88 Å². The van der Waals surface area contributed by atoms with E-state index in [0.717, 1.165) is 36.9 Å². The van der Waals surface area contributed by atoms with Crippen LogP contribution in [0.15, 0.2) is 6.07 Å². The summed E-state index contributed by atoms with van der Waals surface area (Å²) in [7, 11) is 0. The summed E-state index contributed by atoms with van der Waals surface area (Å²) in [5.74, 6) is 2.13. The maximum atomic E-state index is 5.90. The molecule has 1 fully saturated rings. The van der Waals surface area contributed by atoms with Crippen molar-refractivity contribution in [2.75, 3.05) is 24.6 Å². The molecular weight excluding hydrogens is 240 g/mol. The molecular formula is C14H24N4O. The molecule has 2 unspecified atom stereocenters. The molecule has 5 heteroatoms. The minimum atomic E-state index is 0.333. The van der Waals surface area contributed by atoms with Crippen LogP contribution in [0, 0.1) is 12.8 Å². The maximum Gasteiger partial charge on any atom is 0.229 e. The lowest BCUT2D eigenvalue weighted by atomic mass is 9.93. The number of anilines is 1. The van der Waals surface area contributed by atoms with Gasteiger partial charge in [0.15, 0.2) is 0 Å². The van der Waals surface area contributed by atoms with Gasteiger partial charge in [-0.05, 0) is 32.6 Å². The fraction of sp³-hybridized carbons (Fsp3) is 0.714. The van der Waals surface area contributed by atoms with E-state index in [0.29, 0.717) is 25.1 Å². The summed E-state index contributed by atoms with van der Waals surface area (Å²) in [4.78, 5) is 11.3. The van der Waals surface area contributed by atoms with Gasteiger partial charge in [-0.2, -0.15) is 4.98 Å². The highest BCUT2D eigenvalue weighted by Crippen LogP contribution is 2.26. The van der Waals surface area contributed by atoms with Gasteiger partial charge in [-0.25, -0.2) is 4.98 Å². The lowest BCUT2D eigenvalue weighted by Crippen LogP contribution is -2.47. The molecule has 0 aliphatic carbocycles. The number of piperidine rings is 1. The van der Waals surface area contributed by atoms with Crippen molar-refractivity contribution in [2.24, 2.45) is 11.7 Å². The van der Waals surface area contributed by atoms with Gasteiger partial charge < -0.3 is 15.4 Å². The largest absolute Gasteiger partial charge is 0.478 e. The molecule has 5 nitrogen and oxygen atoms in total. The summed E-state index contributed by atoms with van der Waals surface area (Å²) < 4.78 is 5.50. The molecule has 0 radical (unpaired) electrons. The van der Waals surface area contributed by atoms with Crippen LogP contribution in [0.4, 0.5) is 5.95 Å². The molecule has 0 spiro atoms. The molecule has 1 aliphatic rings. The maximum absolute atomic E-state index is 5.90. The Morgan fingerprint density at radius 2 is 2.26 bits per heavy atom. The topological polar surface area (TPSA) is 64.3 Å². The molecule has 106 valence electrons. The van der Waals surface area contributed by atoms with Crippen LogP contribution in [0.5, 0.6) is 5.88 Å². The summed E-state index contributed by atoms with van der Waals surface area (Å²) in [6.45, 7) is 8.44. The molecule has 1 aromatic rings. The van der Waals surface area contributed by atoms with Crippen LogP contribution in [-0.2, 0) is 0 Å². The first-order chi connectivity index (χ1) is 9.13. The molecule has 0 saturated carbocycles. The second-order valence-corrected chi connectivity index (χ2v) is 5.29. The molecule has 0 bridgehead atoms. The van der Waals surface area contributed by atoms with Crippen LogP contribution in [0.3, 0.4) is 0 Å². The van der Waals surface area contributed by atoms with Crippen molar-refractivity contribution in [2.45, 2.75) is 39.7 Å². The normalized spacial score (nSPS) is 23.5. The van der Waals surface area contributed by atoms with Crippen LogP contribution in [0.1, 0.15) is 32.4 Å². The smallest absolute Gasteiger partial charge is 0.229 e. The Hall–Kier alpha value is -1.36. The molecule has 19 heavy (non-hydrogen) atoms. The van der Waals surface area contributed by atoms with E-state index < -0.39 is 0 Å². The highest BCUT2D eigenvalue weighted by Gasteiger charge is 2.27. The zero-order valence-electron chi connectivity index (χ0n) is 12.1. The lowest BCUT2D eigenvalue weighted by Gasteiger charge is -2.38. The molecule has 2 rings (SSSR count). The van der Waals surface area contributed by atoms with Crippen molar-refractivity contribution in [3.05, 3.63) is 11.8 Å². The summed E-state index contributed by atoms with van der Waals surface area (Å²) in [6, 6.07) is 2.21. The molecule has 1 aliphatic heterocycles. The highest BCUT2D eigenvalue weighted by molar-refractivity contribution is 5.36. The van der Waals surface area contributed by atoms with Crippen LogP contribution < -0.4 is 15.4 Å². The first-order valence-corrected chi connectivity index (χ1v) is 7.09. The summed E-state index contributed by atoms with van der Waals surface area (Å²) in [6.07, 6.45) is 2.27. The SMILES string of the molecule is CCOc1cc(C)nc(N2CCC(C)CC2CN)n1. The van der Waals surface area contributed by atoms with Crippen LogP contribution in [-0.4, -0.2) is 35.7 Å². The number of ether oxygens (including phenoxy) is 1. The van der Waals surface area contributed by atoms with Gasteiger partial charge in [-0.15, -0.1) is 0 Å². The minimum absolute atomic E-state index is 0.333. The Morgan fingerprint density at radius 3 is 2.95 bits per heavy atom. The molecule has 2 heterocycles. The van der Waals surface area contributed by atoms with Gasteiger partial charge in [-0.3, -0.25) is 0 Å². The number of rotatable bonds is 4. The minimum Gasteiger partial charge on any atom is -0.478 e. The Labute approximate surface area is 115 Å². The summed E-state index contributed by atoms with van der Waals surface area (Å²) in [5.41, 5.74) is 6.83. The highest BCUT2D eigenvalue weighted by atomic mass is 16.5. The monoisotopic (exact) mass is 264 g/mol. The van der Waals surface area contributed by atoms with Crippen molar-refractivity contribution in [3.63, 3.8) is 0 Å². The van der Waals surface area contributed by atoms with E-state index >= 15 is 0 Å². The Bertz CT molecular complexity index is 424. The van der Waals surface area contributed by atoms with Gasteiger partial charge in [0.1, 0.15) is 0 Å². The van der Waals surface area contributed by atoms with Gasteiger partial charge in [0.05, 0.1) is 6.61 Å². The van der Waals surface area contributed by atoms with E-state index in [2.05, 4.69) is 21.8 Å². The summed E-state index contributed by atoms with van der Waals surface area (Å²) in [5, 5.41) is 0. The zero-order chi connectivity index (χ0) is 13.8. The third-order valence-electron chi connectivity index (χ3n) is 3.62. The lowest BCUT2D eigenvalue weighted by molar-refractivity contribution is 0.323. The zero-order valence-corrected chi connectivity index (χ0v) is 12.1. The number of aryl methyl sites for hydroxylation is 1. The van der Waals surface area contributed by atoms with Crippen LogP contribution in [0.2, 0.25) is 0 Å². The Kier molecular flexibility index (Phi) is 4.58. The van der Waals surface area contributed by atoms with Crippen molar-refractivity contribution in [1.82, 2.24) is 9.97 Å². The number of nitrogens with zero attached hydrogens (tertiary/aromatic N) is 3. The molecule has 0 aromatic carbocycles. The third-order valence-corrected chi connectivity index (χ3v) is 3.62. The molecule has 0 amide bonds. The molecule has 2 N–H and O–H groups in total. The second kappa shape index (κ2) is 6.19. The standard InChI is InChI=1S/C14H24N4O/c1-4-19-13-8-11(3)16-14(17-13)18-6-5-10(2)7-12(18)9-15/h8,10,12H,4-7,9,15H2,1-3H3. The Morgan fingerprint density at radius 1 is 1.47 bits per heavy atom. The van der Waals surface area contributed by atoms with E-state index in [1.165, 1.54) is 0 Å². The number of hydrogen-bond donors (Lipinski definition) is 1. The number of nitrogens with two attached hydrogens (primary N) is 1. The van der Waals surface area contributed by atoms with Crippen LogP contribution in [0.25, 0.3) is 0 Å². The van der Waals surface area contributed by atoms with Gasteiger partial charge in [0, 0.05) is 30.9 Å². The van der Waals surface area contributed by atoms with Crippen molar-refractivity contribution in [1.29, 1.82) is 0 Å². The fourth-order valence-corrected chi connectivity index (χ4v) is 2.61. The molecule has 1 aromatic heterocycles. The first-order valence-electron chi connectivity index (χ1n) is 7.09. The average Bonchev–Trinajstić information content (AvgIpc) is 2.38. The van der Waals surface area contributed by atoms with E-state index in [1.54, 1.807) is 0 Å². The van der Waals surface area contributed by atoms with Gasteiger partial charge in [0.25, 0.3) is 0 Å². The van der Waals surface area contributed by atoms with Gasteiger partial charge >= 0.3 is 0 Å². The van der Waals surface area contributed by atoms with Gasteiger partial charge in [-0.1, -0.05) is 6.92 Å². The van der Waals surface area contributed by atoms with Crippen molar-refractivity contribution < 1.29 is 4.74 Å². The van der Waals surface area contributed by atoms with E-state index in [9.17, 15) is 0 Å². The summed E-state index contributed by atoms with van der Waals surface area (Å²) >= 11 is 0. The third kappa shape index (κ3) is 3.35. The number of hydrogen-bond acceptors (Lipinski definition) is 5.